The van der Waals surface area contributed by atoms with Crippen LogP contribution in [0.5, 0.6) is 11.5 Å². The van der Waals surface area contributed by atoms with E-state index in [1.54, 1.807) is 12.1 Å². The molecule has 25 heavy (non-hydrogen) atoms. The third kappa shape index (κ3) is 6.13. The Bertz CT molecular complexity index is 576. The Hall–Kier alpha value is -1.93. The van der Waals surface area contributed by atoms with Crippen molar-refractivity contribution in [3.05, 3.63) is 23.8 Å². The van der Waals surface area contributed by atoms with E-state index in [-0.39, 0.29) is 36.2 Å². The number of amides is 1. The van der Waals surface area contributed by atoms with Crippen molar-refractivity contribution in [2.45, 2.75) is 39.2 Å². The second-order valence-corrected chi connectivity index (χ2v) is 6.09. The lowest BCUT2D eigenvalue weighted by Crippen LogP contribution is -2.49. The van der Waals surface area contributed by atoms with Gasteiger partial charge in [0.25, 0.3) is 0 Å². The fourth-order valence-electron chi connectivity index (χ4n) is 2.89. The van der Waals surface area contributed by atoms with Gasteiger partial charge in [-0.3, -0.25) is 9.69 Å². The molecule has 1 aromatic carbocycles. The number of alkyl halides is 2. The average molecular weight is 358 g/mol. The van der Waals surface area contributed by atoms with Crippen molar-refractivity contribution < 1.29 is 27.8 Å². The maximum Gasteiger partial charge on any atom is 0.387 e. The Balaban J connectivity index is 1.86. The highest BCUT2D eigenvalue weighted by Crippen LogP contribution is 2.29. The first-order valence-corrected chi connectivity index (χ1v) is 8.13. The van der Waals surface area contributed by atoms with Crippen LogP contribution in [0.25, 0.3) is 0 Å². The van der Waals surface area contributed by atoms with Gasteiger partial charge in [-0.2, -0.15) is 8.78 Å². The molecule has 1 aliphatic heterocycles. The van der Waals surface area contributed by atoms with Gasteiger partial charge >= 0.3 is 6.61 Å². The Morgan fingerprint density at radius 1 is 1.32 bits per heavy atom. The molecule has 140 valence electrons. The molecule has 1 saturated heterocycles. The summed E-state index contributed by atoms with van der Waals surface area (Å²) < 4.78 is 39.7. The molecule has 1 heterocycles. The lowest BCUT2D eigenvalue weighted by molar-refractivity contribution is -0.126. The quantitative estimate of drug-likeness (QED) is 0.808. The second kappa shape index (κ2) is 8.96. The molecule has 0 aromatic heterocycles. The zero-order valence-electron chi connectivity index (χ0n) is 14.6. The Morgan fingerprint density at radius 2 is 2.00 bits per heavy atom. The molecule has 0 unspecified atom stereocenters. The van der Waals surface area contributed by atoms with E-state index in [2.05, 4.69) is 10.1 Å². The first kappa shape index (κ1) is 19.4. The third-order valence-corrected chi connectivity index (χ3v) is 3.80. The molecule has 1 aliphatic rings. The van der Waals surface area contributed by atoms with Crippen molar-refractivity contribution in [3.8, 4) is 11.5 Å². The van der Waals surface area contributed by atoms with E-state index in [1.165, 1.54) is 13.2 Å². The van der Waals surface area contributed by atoms with Crippen LogP contribution in [0.15, 0.2) is 18.2 Å². The number of rotatable bonds is 7. The Morgan fingerprint density at radius 3 is 2.60 bits per heavy atom. The highest BCUT2D eigenvalue weighted by Gasteiger charge is 2.23. The summed E-state index contributed by atoms with van der Waals surface area (Å²) in [5, 5.41) is 2.82. The summed E-state index contributed by atoms with van der Waals surface area (Å²) >= 11 is 0. The minimum absolute atomic E-state index is 0.0381. The van der Waals surface area contributed by atoms with E-state index in [4.69, 9.17) is 9.47 Å². The summed E-state index contributed by atoms with van der Waals surface area (Å²) in [4.78, 5) is 14.2. The van der Waals surface area contributed by atoms with Crippen molar-refractivity contribution in [2.75, 3.05) is 26.7 Å². The van der Waals surface area contributed by atoms with E-state index in [9.17, 15) is 13.6 Å². The number of halogens is 2. The molecule has 2 rings (SSSR count). The van der Waals surface area contributed by atoms with Crippen molar-refractivity contribution in [2.24, 2.45) is 0 Å². The summed E-state index contributed by atoms with van der Waals surface area (Å²) in [5.41, 5.74) is 0.732. The number of ether oxygens (including phenoxy) is 3. The SMILES string of the molecule is COc1cc(CNC(=O)CN2C[C@@H](C)O[C@H](C)C2)ccc1OC(F)F. The molecular weight excluding hydrogens is 334 g/mol. The summed E-state index contributed by atoms with van der Waals surface area (Å²) in [5.74, 6) is 0.0555. The van der Waals surface area contributed by atoms with Gasteiger partial charge in [0.15, 0.2) is 11.5 Å². The van der Waals surface area contributed by atoms with Gasteiger partial charge in [-0.1, -0.05) is 6.07 Å². The van der Waals surface area contributed by atoms with Gasteiger partial charge in [0.05, 0.1) is 25.9 Å². The van der Waals surface area contributed by atoms with Crippen LogP contribution in [0.1, 0.15) is 19.4 Å². The molecule has 6 nitrogen and oxygen atoms in total. The summed E-state index contributed by atoms with van der Waals surface area (Å²) in [6.45, 7) is 3.04. The highest BCUT2D eigenvalue weighted by atomic mass is 19.3. The molecule has 2 atom stereocenters. The van der Waals surface area contributed by atoms with E-state index >= 15 is 0 Å². The molecule has 0 bridgehead atoms. The molecule has 1 aromatic rings. The first-order chi connectivity index (χ1) is 11.9. The lowest BCUT2D eigenvalue weighted by Gasteiger charge is -2.34. The molecule has 8 heteroatoms. The van der Waals surface area contributed by atoms with Gasteiger partial charge in [-0.05, 0) is 31.5 Å². The summed E-state index contributed by atoms with van der Waals surface area (Å²) in [6.07, 6.45) is 0.200. The van der Waals surface area contributed by atoms with E-state index < -0.39 is 6.61 Å². The van der Waals surface area contributed by atoms with Crippen LogP contribution in [-0.4, -0.2) is 56.4 Å². The highest BCUT2D eigenvalue weighted by molar-refractivity contribution is 5.78. The number of carbonyl (C=O) groups excluding carboxylic acids is 1. The molecule has 0 radical (unpaired) electrons. The predicted octanol–water partition coefficient (Wildman–Crippen LogP) is 2.02. The maximum absolute atomic E-state index is 12.3. The minimum Gasteiger partial charge on any atom is -0.493 e. The van der Waals surface area contributed by atoms with Crippen LogP contribution < -0.4 is 14.8 Å². The molecular formula is C17H24F2N2O4. The van der Waals surface area contributed by atoms with Crippen LogP contribution in [-0.2, 0) is 16.1 Å². The van der Waals surface area contributed by atoms with Gasteiger partial charge in [0, 0.05) is 19.6 Å². The van der Waals surface area contributed by atoms with Gasteiger partial charge in [-0.15, -0.1) is 0 Å². The van der Waals surface area contributed by atoms with Gasteiger partial charge in [-0.25, -0.2) is 0 Å². The maximum atomic E-state index is 12.3. The summed E-state index contributed by atoms with van der Waals surface area (Å²) in [7, 11) is 1.37. The molecule has 0 aliphatic carbocycles. The zero-order chi connectivity index (χ0) is 18.4. The van der Waals surface area contributed by atoms with Crippen molar-refractivity contribution in [1.82, 2.24) is 10.2 Å². The topological polar surface area (TPSA) is 60.0 Å². The van der Waals surface area contributed by atoms with Crippen molar-refractivity contribution >= 4 is 5.91 Å². The number of hydrogen-bond donors (Lipinski definition) is 1. The van der Waals surface area contributed by atoms with E-state index in [1.807, 2.05) is 18.7 Å². The fourth-order valence-corrected chi connectivity index (χ4v) is 2.89. The van der Waals surface area contributed by atoms with Gasteiger partial charge in [0.2, 0.25) is 5.91 Å². The van der Waals surface area contributed by atoms with E-state index in [0.717, 1.165) is 5.56 Å². The van der Waals surface area contributed by atoms with Crippen LogP contribution >= 0.6 is 0 Å². The minimum atomic E-state index is -2.92. The zero-order valence-corrected chi connectivity index (χ0v) is 14.6. The average Bonchev–Trinajstić information content (AvgIpc) is 2.52. The molecule has 0 spiro atoms. The lowest BCUT2D eigenvalue weighted by atomic mass is 10.2. The number of hydrogen-bond acceptors (Lipinski definition) is 5. The number of benzene rings is 1. The van der Waals surface area contributed by atoms with Gasteiger partial charge < -0.3 is 19.5 Å². The molecule has 0 saturated carbocycles. The largest absolute Gasteiger partial charge is 0.493 e. The van der Waals surface area contributed by atoms with Crippen LogP contribution in [0, 0.1) is 0 Å². The fraction of sp³-hybridized carbons (Fsp3) is 0.588. The molecule has 1 amide bonds. The first-order valence-electron chi connectivity index (χ1n) is 8.13. The van der Waals surface area contributed by atoms with Crippen LogP contribution in [0.3, 0.4) is 0 Å². The molecule has 1 fully saturated rings. The van der Waals surface area contributed by atoms with Crippen molar-refractivity contribution in [1.29, 1.82) is 0 Å². The predicted molar refractivity (Wildman–Crippen MR) is 87.9 cm³/mol. The molecule has 1 N–H and O–H groups in total. The monoisotopic (exact) mass is 358 g/mol. The number of nitrogens with zero attached hydrogens (tertiary/aromatic N) is 1. The normalized spacial score (nSPS) is 21.2. The van der Waals surface area contributed by atoms with Gasteiger partial charge in [0.1, 0.15) is 0 Å². The smallest absolute Gasteiger partial charge is 0.387 e. The van der Waals surface area contributed by atoms with Crippen LogP contribution in [0.4, 0.5) is 8.78 Å². The van der Waals surface area contributed by atoms with Crippen LogP contribution in [0.2, 0.25) is 0 Å². The number of carbonyl (C=O) groups is 1. The second-order valence-electron chi connectivity index (χ2n) is 6.09. The Labute approximate surface area is 146 Å². The number of nitrogens with one attached hydrogen (secondary N) is 1. The third-order valence-electron chi connectivity index (χ3n) is 3.80. The standard InChI is InChI=1S/C17H24F2N2O4/c1-11-8-21(9-12(2)24-11)10-16(22)20-7-13-4-5-14(25-17(18)19)15(6-13)23-3/h4-6,11-12,17H,7-10H2,1-3H3,(H,20,22)/t11-,12-/m1/s1. The van der Waals surface area contributed by atoms with E-state index in [0.29, 0.717) is 19.6 Å². The summed E-state index contributed by atoms with van der Waals surface area (Å²) in [6, 6.07) is 4.58. The number of morpholine rings is 1. The number of methoxy groups -OCH3 is 1. The van der Waals surface area contributed by atoms with Crippen molar-refractivity contribution in [3.63, 3.8) is 0 Å². The Kier molecular flexibility index (Phi) is 6.95.